The smallest absolute Gasteiger partial charge is 0.267 e. The quantitative estimate of drug-likeness (QED) is 0.864. The summed E-state index contributed by atoms with van der Waals surface area (Å²) in [7, 11) is 0. The van der Waals surface area contributed by atoms with Gasteiger partial charge in [0.2, 0.25) is 0 Å². The second-order valence-electron chi connectivity index (χ2n) is 3.53. The van der Waals surface area contributed by atoms with Crippen LogP contribution < -0.4 is 5.56 Å². The summed E-state index contributed by atoms with van der Waals surface area (Å²) in [6.07, 6.45) is 2.57. The fraction of sp³-hybridized carbons (Fsp3) is 0.600. The lowest BCUT2D eigenvalue weighted by atomic mass is 10.1. The fourth-order valence-electron chi connectivity index (χ4n) is 1.34. The lowest BCUT2D eigenvalue weighted by Gasteiger charge is -2.15. The molecule has 0 aliphatic carbocycles. The number of aryl methyl sites for hydroxylation is 1. The minimum Gasteiger partial charge on any atom is -0.296 e. The molecule has 0 saturated heterocycles. The van der Waals surface area contributed by atoms with Crippen molar-refractivity contribution >= 4 is 28.6 Å². The first kappa shape index (κ1) is 12.8. The lowest BCUT2D eigenvalue weighted by Crippen LogP contribution is -2.27. The Morgan fingerprint density at radius 1 is 1.67 bits per heavy atom. The van der Waals surface area contributed by atoms with Gasteiger partial charge in [-0.25, -0.2) is 4.98 Å². The number of nitrogens with zero attached hydrogens (tertiary/aromatic N) is 2. The molecular weight excluding hydrogens is 276 g/mol. The van der Waals surface area contributed by atoms with E-state index in [1.807, 2.05) is 6.92 Å². The molecule has 3 nitrogen and oxygen atoms in total. The van der Waals surface area contributed by atoms with Gasteiger partial charge in [-0.05, 0) is 34.5 Å². The van der Waals surface area contributed by atoms with Crippen LogP contribution in [0.2, 0.25) is 0 Å². The molecular formula is C10H15BrN2OS. The summed E-state index contributed by atoms with van der Waals surface area (Å²) in [5, 5.41) is 0. The molecule has 0 bridgehead atoms. The van der Waals surface area contributed by atoms with Gasteiger partial charge in [0, 0.05) is 12.7 Å². The Hall–Kier alpha value is -0.290. The fourth-order valence-corrected chi connectivity index (χ4v) is 2.03. The molecule has 0 aromatic carbocycles. The van der Waals surface area contributed by atoms with Crippen LogP contribution >= 0.6 is 28.6 Å². The summed E-state index contributed by atoms with van der Waals surface area (Å²) in [5.41, 5.74) is -0.0114. The highest BCUT2D eigenvalue weighted by atomic mass is 79.9. The molecule has 0 N–H and O–H groups in total. The average Bonchev–Trinajstić information content (AvgIpc) is 2.24. The zero-order valence-electron chi connectivity index (χ0n) is 8.90. The largest absolute Gasteiger partial charge is 0.296 e. The predicted molar refractivity (Wildman–Crippen MR) is 68.6 cm³/mol. The van der Waals surface area contributed by atoms with Crippen LogP contribution in [0.15, 0.2) is 15.5 Å². The van der Waals surface area contributed by atoms with E-state index in [0.717, 1.165) is 18.0 Å². The van der Waals surface area contributed by atoms with E-state index in [9.17, 15) is 4.79 Å². The maximum absolute atomic E-state index is 11.8. The van der Waals surface area contributed by atoms with Gasteiger partial charge in [0.1, 0.15) is 10.3 Å². The highest BCUT2D eigenvalue weighted by Crippen LogP contribution is 2.09. The van der Waals surface area contributed by atoms with Gasteiger partial charge in [-0.1, -0.05) is 13.3 Å². The summed E-state index contributed by atoms with van der Waals surface area (Å²) in [5.74, 6) is 1.96. The third kappa shape index (κ3) is 3.08. The zero-order valence-corrected chi connectivity index (χ0v) is 11.4. The van der Waals surface area contributed by atoms with Crippen molar-refractivity contribution in [3.63, 3.8) is 0 Å². The molecule has 0 aliphatic rings. The molecule has 0 amide bonds. The van der Waals surface area contributed by atoms with Crippen molar-refractivity contribution < 1.29 is 0 Å². The van der Waals surface area contributed by atoms with E-state index in [-0.39, 0.29) is 5.56 Å². The van der Waals surface area contributed by atoms with Gasteiger partial charge in [-0.15, -0.1) is 0 Å². The van der Waals surface area contributed by atoms with E-state index in [1.54, 1.807) is 10.8 Å². The van der Waals surface area contributed by atoms with Crippen LogP contribution in [0, 0.1) is 12.8 Å². The molecule has 0 radical (unpaired) electrons. The Labute approximate surface area is 103 Å². The Morgan fingerprint density at radius 3 is 2.87 bits per heavy atom. The highest BCUT2D eigenvalue weighted by Gasteiger charge is 2.10. The molecule has 1 unspecified atom stereocenters. The highest BCUT2D eigenvalue weighted by molar-refractivity contribution is 9.10. The maximum Gasteiger partial charge on any atom is 0.267 e. The molecule has 0 saturated carbocycles. The van der Waals surface area contributed by atoms with E-state index < -0.39 is 0 Å². The van der Waals surface area contributed by atoms with E-state index in [2.05, 4.69) is 40.5 Å². The third-order valence-corrected chi connectivity index (χ3v) is 3.54. The lowest BCUT2D eigenvalue weighted by molar-refractivity contribution is 0.454. The van der Waals surface area contributed by atoms with Gasteiger partial charge >= 0.3 is 0 Å². The molecule has 5 heteroatoms. The van der Waals surface area contributed by atoms with Gasteiger partial charge in [0.05, 0.1) is 0 Å². The summed E-state index contributed by atoms with van der Waals surface area (Å²) >= 11 is 7.47. The SMILES string of the molecule is CCC(CS)Cn1c(C)ncc(Br)c1=O. The van der Waals surface area contributed by atoms with Crippen LogP contribution in [0.25, 0.3) is 0 Å². The minimum absolute atomic E-state index is 0.0114. The number of rotatable bonds is 4. The van der Waals surface area contributed by atoms with E-state index in [4.69, 9.17) is 0 Å². The molecule has 84 valence electrons. The predicted octanol–water partition coefficient (Wildman–Crippen LogP) is 2.27. The number of halogens is 1. The van der Waals surface area contributed by atoms with Gasteiger partial charge < -0.3 is 0 Å². The Bertz CT molecular complexity index is 387. The standard InChI is InChI=1S/C10H15BrN2OS/c1-3-8(6-15)5-13-7(2)12-4-9(11)10(13)14/h4,8,15H,3,5-6H2,1-2H3. The Kier molecular flexibility index (Phi) is 4.86. The van der Waals surface area contributed by atoms with Gasteiger partial charge in [-0.3, -0.25) is 9.36 Å². The summed E-state index contributed by atoms with van der Waals surface area (Å²) in [4.78, 5) is 16.0. The van der Waals surface area contributed by atoms with Gasteiger partial charge in [-0.2, -0.15) is 12.6 Å². The number of thiol groups is 1. The number of hydrogen-bond donors (Lipinski definition) is 1. The van der Waals surface area contributed by atoms with Crippen molar-refractivity contribution in [3.8, 4) is 0 Å². The van der Waals surface area contributed by atoms with Gasteiger partial charge in [0.25, 0.3) is 5.56 Å². The molecule has 1 atom stereocenters. The summed E-state index contributed by atoms with van der Waals surface area (Å²) < 4.78 is 2.22. The van der Waals surface area contributed by atoms with Crippen molar-refractivity contribution in [2.45, 2.75) is 26.8 Å². The second-order valence-corrected chi connectivity index (χ2v) is 4.75. The van der Waals surface area contributed by atoms with Crippen molar-refractivity contribution in [3.05, 3.63) is 26.8 Å². The topological polar surface area (TPSA) is 34.9 Å². The van der Waals surface area contributed by atoms with Crippen LogP contribution in [-0.4, -0.2) is 15.3 Å². The zero-order chi connectivity index (χ0) is 11.4. The van der Waals surface area contributed by atoms with E-state index in [1.165, 1.54) is 0 Å². The number of aromatic nitrogens is 2. The van der Waals surface area contributed by atoms with E-state index >= 15 is 0 Å². The molecule has 0 aliphatic heterocycles. The molecule has 1 rings (SSSR count). The molecule has 0 fully saturated rings. The molecule has 1 heterocycles. The second kappa shape index (κ2) is 5.70. The van der Waals surface area contributed by atoms with Crippen LogP contribution in [0.1, 0.15) is 19.2 Å². The summed E-state index contributed by atoms with van der Waals surface area (Å²) in [6.45, 7) is 4.64. The minimum atomic E-state index is -0.0114. The first-order valence-electron chi connectivity index (χ1n) is 4.93. The Morgan fingerprint density at radius 2 is 2.33 bits per heavy atom. The first-order valence-corrected chi connectivity index (χ1v) is 6.35. The molecule has 15 heavy (non-hydrogen) atoms. The third-order valence-electron chi connectivity index (χ3n) is 2.48. The first-order chi connectivity index (χ1) is 7.10. The van der Waals surface area contributed by atoms with E-state index in [0.29, 0.717) is 16.9 Å². The normalized spacial score (nSPS) is 12.8. The van der Waals surface area contributed by atoms with Crippen molar-refractivity contribution in [1.29, 1.82) is 0 Å². The van der Waals surface area contributed by atoms with Crippen molar-refractivity contribution in [2.75, 3.05) is 5.75 Å². The summed E-state index contributed by atoms with van der Waals surface area (Å²) in [6, 6.07) is 0. The number of hydrogen-bond acceptors (Lipinski definition) is 3. The molecule has 1 aromatic rings. The van der Waals surface area contributed by atoms with Gasteiger partial charge in [0.15, 0.2) is 0 Å². The van der Waals surface area contributed by atoms with Crippen LogP contribution in [0.4, 0.5) is 0 Å². The van der Waals surface area contributed by atoms with Crippen LogP contribution in [-0.2, 0) is 6.54 Å². The van der Waals surface area contributed by atoms with Crippen LogP contribution in [0.3, 0.4) is 0 Å². The van der Waals surface area contributed by atoms with Crippen molar-refractivity contribution in [2.24, 2.45) is 5.92 Å². The average molecular weight is 291 g/mol. The molecule has 1 aromatic heterocycles. The Balaban J connectivity index is 3.03. The van der Waals surface area contributed by atoms with Crippen LogP contribution in [0.5, 0.6) is 0 Å². The van der Waals surface area contributed by atoms with Crippen molar-refractivity contribution in [1.82, 2.24) is 9.55 Å². The monoisotopic (exact) mass is 290 g/mol. The molecule has 0 spiro atoms. The maximum atomic E-state index is 11.8.